The fourth-order valence-corrected chi connectivity index (χ4v) is 2.08. The van der Waals surface area contributed by atoms with Crippen LogP contribution in [-0.4, -0.2) is 37.7 Å². The van der Waals surface area contributed by atoms with Crippen molar-refractivity contribution in [2.24, 2.45) is 5.10 Å². The van der Waals surface area contributed by atoms with Gasteiger partial charge < -0.3 is 14.8 Å². The first-order valence-electron chi connectivity index (χ1n) is 8.59. The number of ether oxygens (including phenoxy) is 2. The van der Waals surface area contributed by atoms with E-state index in [0.717, 1.165) is 6.42 Å². The Morgan fingerprint density at radius 2 is 1.68 bits per heavy atom. The second-order valence-corrected chi connectivity index (χ2v) is 5.64. The van der Waals surface area contributed by atoms with Gasteiger partial charge in [-0.05, 0) is 48.4 Å². The van der Waals surface area contributed by atoms with Crippen LogP contribution >= 0.6 is 0 Å². The third-order valence-corrected chi connectivity index (χ3v) is 3.50. The Morgan fingerprint density at radius 3 is 2.29 bits per heavy atom. The summed E-state index contributed by atoms with van der Waals surface area (Å²) in [7, 11) is 1.30. The standard InChI is InChI=1S/C20H21N3O5/c1-3-12-28-17-10-8-16(9-11-17)22-18(24)19(25)23-21-13-14-4-6-15(7-5-14)20(26)27-2/h4-11,13H,3,12H2,1-2H3,(H,22,24)(H,23,25)/b21-13-. The van der Waals surface area contributed by atoms with Gasteiger partial charge in [-0.3, -0.25) is 9.59 Å². The number of nitrogens with zero attached hydrogens (tertiary/aromatic N) is 1. The molecule has 0 atom stereocenters. The smallest absolute Gasteiger partial charge is 0.337 e. The second-order valence-electron chi connectivity index (χ2n) is 5.64. The number of nitrogens with one attached hydrogen (secondary N) is 2. The van der Waals surface area contributed by atoms with E-state index >= 15 is 0 Å². The number of hydrogen-bond acceptors (Lipinski definition) is 6. The lowest BCUT2D eigenvalue weighted by Crippen LogP contribution is -2.32. The summed E-state index contributed by atoms with van der Waals surface area (Å²) in [5.41, 5.74) is 3.64. The second kappa shape index (κ2) is 10.5. The van der Waals surface area contributed by atoms with E-state index in [2.05, 4.69) is 20.6 Å². The van der Waals surface area contributed by atoms with Gasteiger partial charge in [-0.1, -0.05) is 19.1 Å². The van der Waals surface area contributed by atoms with Crippen LogP contribution in [-0.2, 0) is 14.3 Å². The molecule has 0 aromatic heterocycles. The Labute approximate surface area is 162 Å². The maximum atomic E-state index is 11.9. The highest BCUT2D eigenvalue weighted by Gasteiger charge is 2.12. The number of methoxy groups -OCH3 is 1. The zero-order chi connectivity index (χ0) is 20.4. The fraction of sp³-hybridized carbons (Fsp3) is 0.200. The Hall–Kier alpha value is -3.68. The molecule has 0 aliphatic heterocycles. The number of esters is 1. The van der Waals surface area contributed by atoms with Crippen molar-refractivity contribution in [2.75, 3.05) is 19.0 Å². The van der Waals surface area contributed by atoms with Gasteiger partial charge in [0.25, 0.3) is 0 Å². The number of benzene rings is 2. The third-order valence-electron chi connectivity index (χ3n) is 3.50. The molecule has 2 N–H and O–H groups in total. The van der Waals surface area contributed by atoms with E-state index in [1.165, 1.54) is 13.3 Å². The Bertz CT molecular complexity index is 845. The zero-order valence-corrected chi connectivity index (χ0v) is 15.6. The summed E-state index contributed by atoms with van der Waals surface area (Å²) in [6, 6.07) is 13.1. The maximum Gasteiger partial charge on any atom is 0.337 e. The van der Waals surface area contributed by atoms with Crippen molar-refractivity contribution in [2.45, 2.75) is 13.3 Å². The summed E-state index contributed by atoms with van der Waals surface area (Å²) in [6.07, 6.45) is 2.25. The van der Waals surface area contributed by atoms with Gasteiger partial charge in [0.2, 0.25) is 0 Å². The number of hydrazone groups is 1. The van der Waals surface area contributed by atoms with E-state index in [1.54, 1.807) is 48.5 Å². The minimum atomic E-state index is -0.909. The fourth-order valence-electron chi connectivity index (χ4n) is 2.08. The van der Waals surface area contributed by atoms with E-state index < -0.39 is 17.8 Å². The third kappa shape index (κ3) is 6.24. The molecule has 0 spiro atoms. The molecule has 2 amide bonds. The van der Waals surface area contributed by atoms with Crippen molar-refractivity contribution >= 4 is 29.7 Å². The molecule has 28 heavy (non-hydrogen) atoms. The summed E-state index contributed by atoms with van der Waals surface area (Å²) in [4.78, 5) is 35.0. The molecule has 146 valence electrons. The van der Waals surface area contributed by atoms with Gasteiger partial charge >= 0.3 is 17.8 Å². The molecule has 0 bridgehead atoms. The maximum absolute atomic E-state index is 11.9. The molecule has 0 aliphatic carbocycles. The molecular weight excluding hydrogens is 362 g/mol. The number of anilines is 1. The van der Waals surface area contributed by atoms with Crippen LogP contribution in [0.15, 0.2) is 53.6 Å². The topological polar surface area (TPSA) is 106 Å². The summed E-state index contributed by atoms with van der Waals surface area (Å²) >= 11 is 0. The predicted octanol–water partition coefficient (Wildman–Crippen LogP) is 2.35. The SMILES string of the molecule is CCCOc1ccc(NC(=O)C(=O)N/N=C\c2ccc(C(=O)OC)cc2)cc1. The highest BCUT2D eigenvalue weighted by Crippen LogP contribution is 2.15. The van der Waals surface area contributed by atoms with Crippen LogP contribution in [0.4, 0.5) is 5.69 Å². The molecule has 0 saturated heterocycles. The molecule has 2 rings (SSSR count). The van der Waals surface area contributed by atoms with Crippen LogP contribution in [0.3, 0.4) is 0 Å². The molecule has 0 aliphatic rings. The highest BCUT2D eigenvalue weighted by atomic mass is 16.5. The van der Waals surface area contributed by atoms with Gasteiger partial charge in [-0.2, -0.15) is 5.10 Å². The highest BCUT2D eigenvalue weighted by molar-refractivity contribution is 6.39. The molecule has 0 fully saturated rings. The van der Waals surface area contributed by atoms with Gasteiger partial charge in [0.05, 0.1) is 25.5 Å². The van der Waals surface area contributed by atoms with Crippen LogP contribution < -0.4 is 15.5 Å². The molecule has 0 radical (unpaired) electrons. The number of amides is 2. The number of carbonyl (C=O) groups excluding carboxylic acids is 3. The van der Waals surface area contributed by atoms with Crippen molar-refractivity contribution in [1.82, 2.24) is 5.43 Å². The largest absolute Gasteiger partial charge is 0.494 e. The quantitative estimate of drug-likeness (QED) is 0.330. The molecule has 2 aromatic rings. The van der Waals surface area contributed by atoms with Crippen molar-refractivity contribution in [3.05, 3.63) is 59.7 Å². The summed E-state index contributed by atoms with van der Waals surface area (Å²) in [5.74, 6) is -1.51. The number of carbonyl (C=O) groups is 3. The minimum Gasteiger partial charge on any atom is -0.494 e. The monoisotopic (exact) mass is 383 g/mol. The first-order chi connectivity index (χ1) is 13.5. The van der Waals surface area contributed by atoms with Crippen LogP contribution in [0, 0.1) is 0 Å². The van der Waals surface area contributed by atoms with Crippen molar-refractivity contribution in [3.8, 4) is 5.75 Å². The van der Waals surface area contributed by atoms with Gasteiger partial charge in [-0.25, -0.2) is 10.2 Å². The molecule has 0 unspecified atom stereocenters. The van der Waals surface area contributed by atoms with E-state index in [0.29, 0.717) is 29.2 Å². The van der Waals surface area contributed by atoms with Crippen LogP contribution in [0.5, 0.6) is 5.75 Å². The lowest BCUT2D eigenvalue weighted by atomic mass is 10.1. The number of rotatable bonds is 7. The van der Waals surface area contributed by atoms with E-state index in [4.69, 9.17) is 4.74 Å². The number of hydrogen-bond donors (Lipinski definition) is 2. The van der Waals surface area contributed by atoms with Gasteiger partial charge in [0.1, 0.15) is 5.75 Å². The van der Waals surface area contributed by atoms with E-state index in [1.807, 2.05) is 6.92 Å². The first kappa shape index (κ1) is 20.6. The average Bonchev–Trinajstić information content (AvgIpc) is 2.73. The summed E-state index contributed by atoms with van der Waals surface area (Å²) < 4.78 is 10.1. The van der Waals surface area contributed by atoms with Crippen molar-refractivity contribution in [1.29, 1.82) is 0 Å². The van der Waals surface area contributed by atoms with E-state index in [9.17, 15) is 14.4 Å². The van der Waals surface area contributed by atoms with E-state index in [-0.39, 0.29) is 0 Å². The lowest BCUT2D eigenvalue weighted by Gasteiger charge is -2.07. The Kier molecular flexibility index (Phi) is 7.71. The summed E-state index contributed by atoms with van der Waals surface area (Å²) in [6.45, 7) is 2.62. The molecule has 0 heterocycles. The minimum absolute atomic E-state index is 0.397. The molecule has 2 aromatic carbocycles. The van der Waals surface area contributed by atoms with Crippen molar-refractivity contribution in [3.63, 3.8) is 0 Å². The van der Waals surface area contributed by atoms with Gasteiger partial charge in [-0.15, -0.1) is 0 Å². The van der Waals surface area contributed by atoms with Gasteiger partial charge in [0, 0.05) is 5.69 Å². The molecule has 8 heteroatoms. The average molecular weight is 383 g/mol. The predicted molar refractivity (Wildman–Crippen MR) is 104 cm³/mol. The van der Waals surface area contributed by atoms with Crippen LogP contribution in [0.25, 0.3) is 0 Å². The van der Waals surface area contributed by atoms with Crippen LogP contribution in [0.1, 0.15) is 29.3 Å². The summed E-state index contributed by atoms with van der Waals surface area (Å²) in [5, 5.41) is 6.19. The Balaban J connectivity index is 1.84. The normalized spacial score (nSPS) is 10.4. The Morgan fingerprint density at radius 1 is 1.00 bits per heavy atom. The molecule has 0 saturated carbocycles. The van der Waals surface area contributed by atoms with Crippen molar-refractivity contribution < 1.29 is 23.9 Å². The lowest BCUT2D eigenvalue weighted by molar-refractivity contribution is -0.136. The van der Waals surface area contributed by atoms with Crippen LogP contribution in [0.2, 0.25) is 0 Å². The van der Waals surface area contributed by atoms with Gasteiger partial charge in [0.15, 0.2) is 0 Å². The molecular formula is C20H21N3O5. The first-order valence-corrected chi connectivity index (χ1v) is 8.59. The molecule has 8 nitrogen and oxygen atoms in total. The zero-order valence-electron chi connectivity index (χ0n) is 15.6.